The van der Waals surface area contributed by atoms with Crippen LogP contribution in [0.2, 0.25) is 0 Å². The minimum atomic E-state index is 0.247. The number of hydrogen-bond donors (Lipinski definition) is 1. The maximum Gasteiger partial charge on any atom is 0.128 e. The van der Waals surface area contributed by atoms with Crippen LogP contribution in [0.3, 0.4) is 0 Å². The van der Waals surface area contributed by atoms with Gasteiger partial charge < -0.3 is 14.7 Å². The second kappa shape index (κ2) is 9.77. The zero-order chi connectivity index (χ0) is 18.1. The zero-order valence-corrected chi connectivity index (χ0v) is 14.9. The number of aliphatic hydroxyl groups excluding tert-OH is 1. The molecule has 1 aromatic carbocycles. The van der Waals surface area contributed by atoms with E-state index in [1.807, 2.05) is 31.2 Å². The van der Waals surface area contributed by atoms with Crippen LogP contribution in [-0.4, -0.2) is 48.3 Å². The molecule has 5 heteroatoms. The van der Waals surface area contributed by atoms with E-state index in [2.05, 4.69) is 29.1 Å². The Morgan fingerprint density at radius 3 is 2.88 bits per heavy atom. The Morgan fingerprint density at radius 2 is 2.16 bits per heavy atom. The lowest BCUT2D eigenvalue weighted by Gasteiger charge is -2.14. The summed E-state index contributed by atoms with van der Waals surface area (Å²) in [5, 5.41) is 18.8. The molecule has 0 spiro atoms. The SMILES string of the molecule is CCOc1cc2ncc(C#N)cc2cc1/C=C/CN(C)CCCCO. The third-order valence-corrected chi connectivity index (χ3v) is 3.90. The Balaban J connectivity index is 2.18. The number of rotatable bonds is 9. The number of aromatic nitrogens is 1. The highest BCUT2D eigenvalue weighted by Gasteiger charge is 2.06. The first-order valence-electron chi connectivity index (χ1n) is 8.60. The molecule has 0 saturated carbocycles. The molecule has 1 aromatic heterocycles. The van der Waals surface area contributed by atoms with Gasteiger partial charge in [-0.05, 0) is 45.5 Å². The summed E-state index contributed by atoms with van der Waals surface area (Å²) in [4.78, 5) is 6.54. The summed E-state index contributed by atoms with van der Waals surface area (Å²) < 4.78 is 5.74. The van der Waals surface area contributed by atoms with Gasteiger partial charge in [0.1, 0.15) is 11.8 Å². The van der Waals surface area contributed by atoms with Crippen LogP contribution in [0.4, 0.5) is 0 Å². The van der Waals surface area contributed by atoms with Crippen molar-refractivity contribution >= 4 is 17.0 Å². The monoisotopic (exact) mass is 339 g/mol. The molecule has 2 aromatic rings. The van der Waals surface area contributed by atoms with Crippen LogP contribution in [0, 0.1) is 11.3 Å². The molecule has 0 atom stereocenters. The molecule has 0 aliphatic carbocycles. The smallest absolute Gasteiger partial charge is 0.128 e. The summed E-state index contributed by atoms with van der Waals surface area (Å²) >= 11 is 0. The number of likely N-dealkylation sites (N-methyl/N-ethyl adjacent to an activating group) is 1. The molecule has 2 rings (SSSR count). The number of aliphatic hydroxyl groups is 1. The van der Waals surface area contributed by atoms with Crippen LogP contribution in [0.1, 0.15) is 30.9 Å². The van der Waals surface area contributed by atoms with E-state index in [-0.39, 0.29) is 6.61 Å². The van der Waals surface area contributed by atoms with Crippen molar-refractivity contribution in [3.8, 4) is 11.8 Å². The Morgan fingerprint density at radius 1 is 1.32 bits per heavy atom. The van der Waals surface area contributed by atoms with Gasteiger partial charge in [0.25, 0.3) is 0 Å². The summed E-state index contributed by atoms with van der Waals surface area (Å²) in [7, 11) is 2.06. The highest BCUT2D eigenvalue weighted by molar-refractivity contribution is 5.85. The number of hydrogen-bond acceptors (Lipinski definition) is 5. The van der Waals surface area contributed by atoms with E-state index in [1.165, 1.54) is 0 Å². The standard InChI is InChI=1S/C20H25N3O2/c1-3-25-20-13-19-18(11-16(14-21)15-22-19)12-17(20)7-6-9-23(2)8-4-5-10-24/h6-7,11-13,15,24H,3-5,8-10H2,1-2H3/b7-6+. The number of ether oxygens (including phenoxy) is 1. The molecule has 25 heavy (non-hydrogen) atoms. The van der Waals surface area contributed by atoms with E-state index in [4.69, 9.17) is 15.1 Å². The predicted octanol–water partition coefficient (Wildman–Crippen LogP) is 3.22. The van der Waals surface area contributed by atoms with Crippen molar-refractivity contribution in [3.05, 3.63) is 41.6 Å². The van der Waals surface area contributed by atoms with E-state index in [9.17, 15) is 0 Å². The average molecular weight is 339 g/mol. The third kappa shape index (κ3) is 5.56. The van der Waals surface area contributed by atoms with Gasteiger partial charge in [-0.2, -0.15) is 5.26 Å². The van der Waals surface area contributed by atoms with Gasteiger partial charge in [-0.1, -0.05) is 12.2 Å². The van der Waals surface area contributed by atoms with Crippen molar-refractivity contribution in [1.29, 1.82) is 5.26 Å². The van der Waals surface area contributed by atoms with Gasteiger partial charge >= 0.3 is 0 Å². The van der Waals surface area contributed by atoms with Gasteiger partial charge in [-0.25, -0.2) is 0 Å². The number of nitrogens with zero attached hydrogens (tertiary/aromatic N) is 3. The summed E-state index contributed by atoms with van der Waals surface area (Å²) in [6, 6.07) is 7.90. The van der Waals surface area contributed by atoms with E-state index in [0.717, 1.165) is 48.1 Å². The lowest BCUT2D eigenvalue weighted by Crippen LogP contribution is -2.19. The molecule has 1 N–H and O–H groups in total. The minimum absolute atomic E-state index is 0.247. The van der Waals surface area contributed by atoms with Gasteiger partial charge in [0, 0.05) is 36.4 Å². The summed E-state index contributed by atoms with van der Waals surface area (Å²) in [6.07, 6.45) is 7.55. The average Bonchev–Trinajstić information content (AvgIpc) is 2.62. The third-order valence-electron chi connectivity index (χ3n) is 3.90. The quantitative estimate of drug-likeness (QED) is 0.710. The molecule has 0 amide bonds. The molecule has 0 fully saturated rings. The highest BCUT2D eigenvalue weighted by atomic mass is 16.5. The first-order valence-corrected chi connectivity index (χ1v) is 8.60. The highest BCUT2D eigenvalue weighted by Crippen LogP contribution is 2.26. The fourth-order valence-electron chi connectivity index (χ4n) is 2.59. The van der Waals surface area contributed by atoms with Crippen molar-refractivity contribution in [1.82, 2.24) is 9.88 Å². The van der Waals surface area contributed by atoms with Crippen molar-refractivity contribution in [3.63, 3.8) is 0 Å². The topological polar surface area (TPSA) is 69.4 Å². The Kier molecular flexibility index (Phi) is 7.39. The molecule has 0 saturated heterocycles. The van der Waals surface area contributed by atoms with Gasteiger partial charge in [0.2, 0.25) is 0 Å². The van der Waals surface area contributed by atoms with Crippen molar-refractivity contribution in [2.24, 2.45) is 0 Å². The summed E-state index contributed by atoms with van der Waals surface area (Å²) in [5.74, 6) is 0.798. The molecule has 0 unspecified atom stereocenters. The first-order chi connectivity index (χ1) is 12.2. The Bertz CT molecular complexity index is 765. The second-order valence-electron chi connectivity index (χ2n) is 5.95. The molecule has 0 aliphatic heterocycles. The maximum absolute atomic E-state index is 9.05. The Hall–Kier alpha value is -2.42. The van der Waals surface area contributed by atoms with E-state index in [1.54, 1.807) is 6.20 Å². The number of benzene rings is 1. The maximum atomic E-state index is 9.05. The van der Waals surface area contributed by atoms with E-state index in [0.29, 0.717) is 12.2 Å². The molecule has 0 bridgehead atoms. The van der Waals surface area contributed by atoms with Gasteiger partial charge in [0.05, 0.1) is 17.7 Å². The molecule has 1 heterocycles. The molecule has 5 nitrogen and oxygen atoms in total. The fourth-order valence-corrected chi connectivity index (χ4v) is 2.59. The minimum Gasteiger partial charge on any atom is -0.493 e. The molecule has 132 valence electrons. The van der Waals surface area contributed by atoms with Crippen LogP contribution >= 0.6 is 0 Å². The van der Waals surface area contributed by atoms with Crippen LogP contribution in [-0.2, 0) is 0 Å². The fraction of sp³-hybridized carbons (Fsp3) is 0.400. The molecule has 0 aliphatic rings. The van der Waals surface area contributed by atoms with Crippen molar-refractivity contribution in [2.75, 3.05) is 33.4 Å². The lowest BCUT2D eigenvalue weighted by atomic mass is 10.1. The zero-order valence-electron chi connectivity index (χ0n) is 14.9. The van der Waals surface area contributed by atoms with Crippen molar-refractivity contribution < 1.29 is 9.84 Å². The van der Waals surface area contributed by atoms with Crippen molar-refractivity contribution in [2.45, 2.75) is 19.8 Å². The van der Waals surface area contributed by atoms with Gasteiger partial charge in [0.15, 0.2) is 0 Å². The number of nitriles is 1. The predicted molar refractivity (Wildman–Crippen MR) is 100 cm³/mol. The summed E-state index contributed by atoms with van der Waals surface area (Å²) in [6.45, 7) is 4.57. The molecule has 0 radical (unpaired) electrons. The number of unbranched alkanes of at least 4 members (excludes halogenated alkanes) is 1. The molecular weight excluding hydrogens is 314 g/mol. The number of pyridine rings is 1. The van der Waals surface area contributed by atoms with Gasteiger partial charge in [-0.3, -0.25) is 4.98 Å². The summed E-state index contributed by atoms with van der Waals surface area (Å²) in [5.41, 5.74) is 2.35. The van der Waals surface area contributed by atoms with E-state index < -0.39 is 0 Å². The Labute approximate surface area is 149 Å². The molecular formula is C20H25N3O2. The normalized spacial score (nSPS) is 11.3. The first kappa shape index (κ1) is 18.9. The van der Waals surface area contributed by atoms with Crippen LogP contribution in [0.25, 0.3) is 17.0 Å². The van der Waals surface area contributed by atoms with Crippen LogP contribution in [0.15, 0.2) is 30.5 Å². The largest absolute Gasteiger partial charge is 0.493 e. The van der Waals surface area contributed by atoms with E-state index >= 15 is 0 Å². The van der Waals surface area contributed by atoms with Crippen LogP contribution < -0.4 is 4.74 Å². The lowest BCUT2D eigenvalue weighted by molar-refractivity contribution is 0.269. The second-order valence-corrected chi connectivity index (χ2v) is 5.95. The van der Waals surface area contributed by atoms with Crippen LogP contribution in [0.5, 0.6) is 5.75 Å². The van der Waals surface area contributed by atoms with Gasteiger partial charge in [-0.15, -0.1) is 0 Å². The number of fused-ring (bicyclic) bond motifs is 1.